The highest BCUT2D eigenvalue weighted by atomic mass is 16.3. The van der Waals surface area contributed by atoms with Gasteiger partial charge in [0.15, 0.2) is 0 Å². The maximum absolute atomic E-state index is 12.4. The van der Waals surface area contributed by atoms with Gasteiger partial charge in [-0.25, -0.2) is 0 Å². The Morgan fingerprint density at radius 1 is 1.45 bits per heavy atom. The van der Waals surface area contributed by atoms with Crippen LogP contribution in [0.1, 0.15) is 33.0 Å². The van der Waals surface area contributed by atoms with Gasteiger partial charge in [-0.3, -0.25) is 14.7 Å². The molecule has 0 aromatic carbocycles. The minimum atomic E-state index is 0.0192. The van der Waals surface area contributed by atoms with E-state index in [-0.39, 0.29) is 5.91 Å². The van der Waals surface area contributed by atoms with Crippen LogP contribution < -0.4 is 0 Å². The number of carbonyl (C=O) groups is 1. The molecule has 0 atom stereocenters. The molecule has 0 spiro atoms. The van der Waals surface area contributed by atoms with Gasteiger partial charge < -0.3 is 9.32 Å². The highest BCUT2D eigenvalue weighted by Gasteiger charge is 2.28. The van der Waals surface area contributed by atoms with Gasteiger partial charge in [-0.2, -0.15) is 0 Å². The molecule has 3 heterocycles. The van der Waals surface area contributed by atoms with Crippen LogP contribution in [0.3, 0.4) is 0 Å². The third-order valence-electron chi connectivity index (χ3n) is 4.05. The Kier molecular flexibility index (Phi) is 3.98. The highest BCUT2D eigenvalue weighted by molar-refractivity contribution is 5.96. The molecular formula is C17H21N3O2. The van der Waals surface area contributed by atoms with Crippen molar-refractivity contribution in [2.45, 2.75) is 26.4 Å². The molecule has 3 rings (SSSR count). The van der Waals surface area contributed by atoms with Crippen molar-refractivity contribution in [1.82, 2.24) is 14.8 Å². The van der Waals surface area contributed by atoms with Crippen LogP contribution in [-0.4, -0.2) is 41.3 Å². The number of aromatic nitrogens is 1. The number of rotatable bonds is 3. The molecule has 0 radical (unpaired) electrons. The molecule has 5 heteroatoms. The second kappa shape index (κ2) is 5.93. The van der Waals surface area contributed by atoms with Crippen LogP contribution in [0.2, 0.25) is 0 Å². The Balaban J connectivity index is 1.84. The number of nitrogens with zero attached hydrogens (tertiary/aromatic N) is 3. The van der Waals surface area contributed by atoms with E-state index in [0.717, 1.165) is 48.7 Å². The van der Waals surface area contributed by atoms with Crippen LogP contribution in [0.4, 0.5) is 0 Å². The summed E-state index contributed by atoms with van der Waals surface area (Å²) in [6.45, 7) is 4.40. The molecule has 0 unspecified atom stereocenters. The van der Waals surface area contributed by atoms with Gasteiger partial charge in [-0.1, -0.05) is 6.07 Å². The second-order valence-electron chi connectivity index (χ2n) is 5.96. The first-order valence-electron chi connectivity index (χ1n) is 7.50. The fourth-order valence-corrected chi connectivity index (χ4v) is 2.97. The lowest BCUT2D eigenvalue weighted by Gasteiger charge is -2.26. The largest absolute Gasteiger partial charge is 0.465 e. The summed E-state index contributed by atoms with van der Waals surface area (Å²) in [5.41, 5.74) is 2.97. The fraction of sp³-hybridized carbons (Fsp3) is 0.412. The Labute approximate surface area is 130 Å². The van der Waals surface area contributed by atoms with Gasteiger partial charge in [0.25, 0.3) is 5.91 Å². The van der Waals surface area contributed by atoms with Crippen molar-refractivity contribution in [2.75, 3.05) is 20.6 Å². The van der Waals surface area contributed by atoms with Crippen molar-refractivity contribution in [1.29, 1.82) is 0 Å². The van der Waals surface area contributed by atoms with Crippen molar-refractivity contribution >= 4 is 5.91 Å². The maximum atomic E-state index is 12.4. The summed E-state index contributed by atoms with van der Waals surface area (Å²) in [5, 5.41) is 0. The number of hydrogen-bond acceptors (Lipinski definition) is 4. The zero-order valence-corrected chi connectivity index (χ0v) is 13.3. The SMILES string of the molecule is Cc1oc2c(c1C(=O)N(C)C)CN(Cc1cccnc1)CC2. The van der Waals surface area contributed by atoms with Gasteiger partial charge in [0.2, 0.25) is 0 Å². The van der Waals surface area contributed by atoms with E-state index in [0.29, 0.717) is 0 Å². The molecule has 0 bridgehead atoms. The maximum Gasteiger partial charge on any atom is 0.257 e. The van der Waals surface area contributed by atoms with Gasteiger partial charge in [-0.15, -0.1) is 0 Å². The van der Waals surface area contributed by atoms with E-state index in [1.165, 1.54) is 5.56 Å². The molecule has 2 aromatic rings. The molecule has 2 aromatic heterocycles. The molecule has 0 saturated carbocycles. The number of furan rings is 1. The van der Waals surface area contributed by atoms with Crippen molar-refractivity contribution in [3.05, 3.63) is 52.7 Å². The molecule has 1 amide bonds. The van der Waals surface area contributed by atoms with Gasteiger partial charge in [0, 0.05) is 58.1 Å². The van der Waals surface area contributed by atoms with E-state index < -0.39 is 0 Å². The summed E-state index contributed by atoms with van der Waals surface area (Å²) < 4.78 is 5.82. The Morgan fingerprint density at radius 3 is 2.95 bits per heavy atom. The van der Waals surface area contributed by atoms with Crippen LogP contribution in [0, 0.1) is 6.92 Å². The van der Waals surface area contributed by atoms with E-state index in [9.17, 15) is 4.79 Å². The molecule has 116 valence electrons. The monoisotopic (exact) mass is 299 g/mol. The molecule has 0 fully saturated rings. The number of amides is 1. The molecule has 0 aliphatic carbocycles. The Bertz CT molecular complexity index is 677. The summed E-state index contributed by atoms with van der Waals surface area (Å²) in [4.78, 5) is 20.5. The smallest absolute Gasteiger partial charge is 0.257 e. The third-order valence-corrected chi connectivity index (χ3v) is 4.05. The predicted molar refractivity (Wildman–Crippen MR) is 83.5 cm³/mol. The van der Waals surface area contributed by atoms with Crippen molar-refractivity contribution in [3.8, 4) is 0 Å². The van der Waals surface area contributed by atoms with Crippen LogP contribution in [0.5, 0.6) is 0 Å². The van der Waals surface area contributed by atoms with Crippen molar-refractivity contribution in [2.24, 2.45) is 0 Å². The first-order valence-corrected chi connectivity index (χ1v) is 7.50. The first-order chi connectivity index (χ1) is 10.6. The normalized spacial score (nSPS) is 14.7. The zero-order chi connectivity index (χ0) is 15.7. The quantitative estimate of drug-likeness (QED) is 0.872. The number of hydrogen-bond donors (Lipinski definition) is 0. The van der Waals surface area contributed by atoms with E-state index in [1.807, 2.05) is 19.2 Å². The standard InChI is InChI=1S/C17H21N3O2/c1-12-16(17(21)19(2)3)14-11-20(8-6-15(14)22-12)10-13-5-4-7-18-9-13/h4-5,7,9H,6,8,10-11H2,1-3H3. The third kappa shape index (κ3) is 2.76. The fourth-order valence-electron chi connectivity index (χ4n) is 2.97. The van der Waals surface area contributed by atoms with Gasteiger partial charge in [0.1, 0.15) is 11.5 Å². The topological polar surface area (TPSA) is 49.6 Å². The summed E-state index contributed by atoms with van der Waals surface area (Å²) in [6.07, 6.45) is 4.52. The lowest BCUT2D eigenvalue weighted by atomic mass is 10.0. The van der Waals surface area contributed by atoms with E-state index in [1.54, 1.807) is 25.2 Å². The second-order valence-corrected chi connectivity index (χ2v) is 5.96. The van der Waals surface area contributed by atoms with Crippen molar-refractivity contribution < 1.29 is 9.21 Å². The molecule has 22 heavy (non-hydrogen) atoms. The van der Waals surface area contributed by atoms with E-state index in [2.05, 4.69) is 16.0 Å². The van der Waals surface area contributed by atoms with Gasteiger partial charge in [-0.05, 0) is 18.6 Å². The molecule has 5 nitrogen and oxygen atoms in total. The van der Waals surface area contributed by atoms with Gasteiger partial charge >= 0.3 is 0 Å². The lowest BCUT2D eigenvalue weighted by molar-refractivity contribution is 0.0823. The van der Waals surface area contributed by atoms with Crippen molar-refractivity contribution in [3.63, 3.8) is 0 Å². The number of pyridine rings is 1. The first kappa shape index (κ1) is 14.8. The average molecular weight is 299 g/mol. The van der Waals surface area contributed by atoms with Crippen LogP contribution in [-0.2, 0) is 19.5 Å². The predicted octanol–water partition coefficient (Wildman–Crippen LogP) is 2.24. The number of fused-ring (bicyclic) bond motifs is 1. The summed E-state index contributed by atoms with van der Waals surface area (Å²) in [6, 6.07) is 4.03. The summed E-state index contributed by atoms with van der Waals surface area (Å²) >= 11 is 0. The van der Waals surface area contributed by atoms with E-state index in [4.69, 9.17) is 4.42 Å². The summed E-state index contributed by atoms with van der Waals surface area (Å²) in [7, 11) is 3.55. The summed E-state index contributed by atoms with van der Waals surface area (Å²) in [5.74, 6) is 1.71. The average Bonchev–Trinajstić information content (AvgIpc) is 2.82. The zero-order valence-electron chi connectivity index (χ0n) is 13.3. The highest BCUT2D eigenvalue weighted by Crippen LogP contribution is 2.29. The number of carbonyl (C=O) groups excluding carboxylic acids is 1. The molecule has 0 saturated heterocycles. The molecule has 0 N–H and O–H groups in total. The van der Waals surface area contributed by atoms with E-state index >= 15 is 0 Å². The molecule has 1 aliphatic heterocycles. The molecular weight excluding hydrogens is 278 g/mol. The minimum Gasteiger partial charge on any atom is -0.465 e. The lowest BCUT2D eigenvalue weighted by Crippen LogP contribution is -2.31. The molecule has 1 aliphatic rings. The number of aryl methyl sites for hydroxylation is 1. The van der Waals surface area contributed by atoms with Crippen LogP contribution in [0.15, 0.2) is 28.9 Å². The van der Waals surface area contributed by atoms with Gasteiger partial charge in [0.05, 0.1) is 5.56 Å². The van der Waals surface area contributed by atoms with Crippen LogP contribution in [0.25, 0.3) is 0 Å². The minimum absolute atomic E-state index is 0.0192. The Hall–Kier alpha value is -2.14. The Morgan fingerprint density at radius 2 is 2.27 bits per heavy atom. The van der Waals surface area contributed by atoms with Crippen LogP contribution >= 0.6 is 0 Å².